The van der Waals surface area contributed by atoms with Crippen LogP contribution in [0.25, 0.3) is 10.9 Å². The Morgan fingerprint density at radius 2 is 1.90 bits per heavy atom. The number of nitrogens with zero attached hydrogens (tertiary/aromatic N) is 1. The summed E-state index contributed by atoms with van der Waals surface area (Å²) in [5.41, 5.74) is 1.75. The van der Waals surface area contributed by atoms with E-state index in [9.17, 15) is 13.2 Å². The molecule has 0 saturated carbocycles. The van der Waals surface area contributed by atoms with Gasteiger partial charge in [0, 0.05) is 18.5 Å². The van der Waals surface area contributed by atoms with Gasteiger partial charge in [0.15, 0.2) is 0 Å². The first-order valence-electron chi connectivity index (χ1n) is 6.24. The molecule has 6 heteroatoms. The molecule has 0 bridgehead atoms. The summed E-state index contributed by atoms with van der Waals surface area (Å²) in [6.07, 6.45) is -4.26. The third kappa shape index (κ3) is 4.79. The van der Waals surface area contributed by atoms with Crippen LogP contribution >= 0.6 is 0 Å². The molecule has 0 radical (unpaired) electrons. The Labute approximate surface area is 114 Å². The molecule has 0 aliphatic rings. The Balaban J connectivity index is 1.73. The molecule has 1 aromatic carbocycles. The van der Waals surface area contributed by atoms with Crippen LogP contribution < -0.4 is 5.32 Å². The van der Waals surface area contributed by atoms with Crippen molar-refractivity contribution in [2.45, 2.75) is 12.7 Å². The number of nitrogens with one attached hydrogen (secondary N) is 1. The quantitative estimate of drug-likeness (QED) is 0.828. The maximum absolute atomic E-state index is 11.8. The van der Waals surface area contributed by atoms with Crippen molar-refractivity contribution < 1.29 is 17.9 Å². The summed E-state index contributed by atoms with van der Waals surface area (Å²) >= 11 is 0. The first-order chi connectivity index (χ1) is 9.54. The Hall–Kier alpha value is -1.66. The van der Waals surface area contributed by atoms with Crippen molar-refractivity contribution in [1.82, 2.24) is 10.3 Å². The molecular formula is C14H15F3N2O. The van der Waals surface area contributed by atoms with E-state index in [1.165, 1.54) is 0 Å². The van der Waals surface area contributed by atoms with Crippen LogP contribution in [0.15, 0.2) is 36.4 Å². The van der Waals surface area contributed by atoms with E-state index in [-0.39, 0.29) is 6.61 Å². The largest absolute Gasteiger partial charge is 0.411 e. The summed E-state index contributed by atoms with van der Waals surface area (Å²) in [7, 11) is 0. The number of benzene rings is 1. The van der Waals surface area contributed by atoms with E-state index in [1.807, 2.05) is 36.4 Å². The Kier molecular flexibility index (Phi) is 4.92. The third-order valence-electron chi connectivity index (χ3n) is 2.65. The summed E-state index contributed by atoms with van der Waals surface area (Å²) in [5.74, 6) is 0. The van der Waals surface area contributed by atoms with Crippen molar-refractivity contribution in [3.8, 4) is 0 Å². The minimum Gasteiger partial charge on any atom is -0.371 e. The summed E-state index contributed by atoms with van der Waals surface area (Å²) in [6.45, 7) is -0.333. The molecule has 0 fully saturated rings. The lowest BCUT2D eigenvalue weighted by atomic mass is 10.2. The van der Waals surface area contributed by atoms with Gasteiger partial charge in [-0.1, -0.05) is 24.3 Å². The van der Waals surface area contributed by atoms with Crippen LogP contribution in [-0.2, 0) is 11.3 Å². The monoisotopic (exact) mass is 284 g/mol. The van der Waals surface area contributed by atoms with Crippen LogP contribution in [-0.4, -0.2) is 30.9 Å². The number of pyridine rings is 1. The van der Waals surface area contributed by atoms with Crippen molar-refractivity contribution >= 4 is 10.9 Å². The van der Waals surface area contributed by atoms with E-state index in [4.69, 9.17) is 0 Å². The highest BCUT2D eigenvalue weighted by Crippen LogP contribution is 2.14. The number of hydrogen-bond donors (Lipinski definition) is 1. The van der Waals surface area contributed by atoms with Gasteiger partial charge in [0.05, 0.1) is 17.8 Å². The zero-order valence-electron chi connectivity index (χ0n) is 10.8. The number of alkyl halides is 3. The minimum absolute atomic E-state index is 0.0209. The van der Waals surface area contributed by atoms with E-state index in [2.05, 4.69) is 15.0 Å². The van der Waals surface area contributed by atoms with E-state index in [0.29, 0.717) is 13.1 Å². The van der Waals surface area contributed by atoms with E-state index < -0.39 is 12.8 Å². The van der Waals surface area contributed by atoms with Crippen LogP contribution in [0.4, 0.5) is 13.2 Å². The molecule has 0 aliphatic carbocycles. The first-order valence-corrected chi connectivity index (χ1v) is 6.24. The van der Waals surface area contributed by atoms with Crippen molar-refractivity contribution in [3.05, 3.63) is 42.1 Å². The van der Waals surface area contributed by atoms with Gasteiger partial charge in [-0.3, -0.25) is 4.98 Å². The van der Waals surface area contributed by atoms with Gasteiger partial charge in [0.25, 0.3) is 0 Å². The lowest BCUT2D eigenvalue weighted by Gasteiger charge is -2.08. The van der Waals surface area contributed by atoms with Gasteiger partial charge in [-0.25, -0.2) is 0 Å². The molecule has 0 saturated heterocycles. The molecule has 0 aliphatic heterocycles. The lowest BCUT2D eigenvalue weighted by Crippen LogP contribution is -2.23. The molecule has 0 amide bonds. The summed E-state index contributed by atoms with van der Waals surface area (Å²) in [6, 6.07) is 11.6. The van der Waals surface area contributed by atoms with Crippen molar-refractivity contribution in [3.63, 3.8) is 0 Å². The SMILES string of the molecule is FC(F)(F)COCCNCc1ccc2ccccc2n1. The first kappa shape index (κ1) is 14.7. The number of hydrogen-bond acceptors (Lipinski definition) is 3. The molecular weight excluding hydrogens is 269 g/mol. The number of para-hydroxylation sites is 1. The van der Waals surface area contributed by atoms with Gasteiger partial charge in [-0.05, 0) is 12.1 Å². The van der Waals surface area contributed by atoms with Gasteiger partial charge in [-0.15, -0.1) is 0 Å². The van der Waals surface area contributed by atoms with Crippen LogP contribution in [0.3, 0.4) is 0 Å². The molecule has 1 heterocycles. The Bertz CT molecular complexity index is 557. The molecule has 0 spiro atoms. The van der Waals surface area contributed by atoms with E-state index >= 15 is 0 Å². The van der Waals surface area contributed by atoms with Gasteiger partial charge in [-0.2, -0.15) is 13.2 Å². The molecule has 108 valence electrons. The van der Waals surface area contributed by atoms with Crippen LogP contribution in [0.5, 0.6) is 0 Å². The second kappa shape index (κ2) is 6.67. The molecule has 20 heavy (non-hydrogen) atoms. The summed E-state index contributed by atoms with van der Waals surface area (Å²) in [5, 5.41) is 4.06. The Morgan fingerprint density at radius 3 is 2.70 bits per heavy atom. The number of ether oxygens (including phenoxy) is 1. The standard InChI is InChI=1S/C14H15F3N2O/c15-14(16,17)10-20-8-7-18-9-12-6-5-11-3-1-2-4-13(11)19-12/h1-6,18H,7-10H2. The normalized spacial score (nSPS) is 11.9. The molecule has 2 rings (SSSR count). The highest BCUT2D eigenvalue weighted by Gasteiger charge is 2.27. The molecule has 1 N–H and O–H groups in total. The number of rotatable bonds is 6. The number of fused-ring (bicyclic) bond motifs is 1. The van der Waals surface area contributed by atoms with Gasteiger partial charge in [0.2, 0.25) is 0 Å². The zero-order chi connectivity index (χ0) is 14.4. The van der Waals surface area contributed by atoms with Crippen molar-refractivity contribution in [2.24, 2.45) is 0 Å². The average Bonchev–Trinajstić information content (AvgIpc) is 2.41. The highest BCUT2D eigenvalue weighted by atomic mass is 19.4. The second-order valence-electron chi connectivity index (χ2n) is 4.34. The van der Waals surface area contributed by atoms with Crippen LogP contribution in [0.1, 0.15) is 5.69 Å². The van der Waals surface area contributed by atoms with Crippen LogP contribution in [0.2, 0.25) is 0 Å². The maximum Gasteiger partial charge on any atom is 0.411 e. The van der Waals surface area contributed by atoms with Crippen LogP contribution in [0, 0.1) is 0 Å². The minimum atomic E-state index is -4.26. The molecule has 1 aromatic heterocycles. The van der Waals surface area contributed by atoms with Crippen molar-refractivity contribution in [1.29, 1.82) is 0 Å². The number of halogens is 3. The lowest BCUT2D eigenvalue weighted by molar-refractivity contribution is -0.173. The fraction of sp³-hybridized carbons (Fsp3) is 0.357. The molecule has 0 atom stereocenters. The topological polar surface area (TPSA) is 34.1 Å². The van der Waals surface area contributed by atoms with Gasteiger partial charge < -0.3 is 10.1 Å². The van der Waals surface area contributed by atoms with Gasteiger partial charge >= 0.3 is 6.18 Å². The fourth-order valence-corrected chi connectivity index (χ4v) is 1.76. The predicted molar refractivity (Wildman–Crippen MR) is 70.3 cm³/mol. The van der Waals surface area contributed by atoms with Crippen molar-refractivity contribution in [2.75, 3.05) is 19.8 Å². The summed E-state index contributed by atoms with van der Waals surface area (Å²) in [4.78, 5) is 4.45. The third-order valence-corrected chi connectivity index (χ3v) is 2.65. The predicted octanol–water partition coefficient (Wildman–Crippen LogP) is 2.90. The highest BCUT2D eigenvalue weighted by molar-refractivity contribution is 5.78. The zero-order valence-corrected chi connectivity index (χ0v) is 10.8. The smallest absolute Gasteiger partial charge is 0.371 e. The molecule has 3 nitrogen and oxygen atoms in total. The molecule has 2 aromatic rings. The van der Waals surface area contributed by atoms with E-state index in [0.717, 1.165) is 16.6 Å². The fourth-order valence-electron chi connectivity index (χ4n) is 1.76. The maximum atomic E-state index is 11.8. The van der Waals surface area contributed by atoms with Gasteiger partial charge in [0.1, 0.15) is 6.61 Å². The van der Waals surface area contributed by atoms with E-state index in [1.54, 1.807) is 0 Å². The average molecular weight is 284 g/mol. The number of aromatic nitrogens is 1. The molecule has 0 unspecified atom stereocenters. The Morgan fingerprint density at radius 1 is 1.10 bits per heavy atom. The summed E-state index contributed by atoms with van der Waals surface area (Å²) < 4.78 is 40.0. The second-order valence-corrected chi connectivity index (χ2v) is 4.34.